The first-order chi connectivity index (χ1) is 6.09. The molecule has 0 saturated carbocycles. The van der Waals surface area contributed by atoms with Crippen molar-refractivity contribution in [3.05, 3.63) is 35.4 Å². The summed E-state index contributed by atoms with van der Waals surface area (Å²) >= 11 is 0. The summed E-state index contributed by atoms with van der Waals surface area (Å²) in [6.45, 7) is 1.90. The largest absolute Gasteiger partial charge is 0.370 e. The first kappa shape index (κ1) is 9.25. The van der Waals surface area contributed by atoms with Crippen LogP contribution in [0.4, 0.5) is 0 Å². The van der Waals surface area contributed by atoms with E-state index in [0.717, 1.165) is 5.56 Å². The standard InChI is InChI=1S/C9H11N3O/c1-6-3-2-4-7(5-6)8(13)12-9(10)11/h2-5H,1H3,(H4,10,11,12,13). The van der Waals surface area contributed by atoms with Crippen LogP contribution in [0.1, 0.15) is 15.9 Å². The van der Waals surface area contributed by atoms with E-state index in [2.05, 4.69) is 4.99 Å². The quantitative estimate of drug-likeness (QED) is 0.481. The summed E-state index contributed by atoms with van der Waals surface area (Å²) in [7, 11) is 0. The topological polar surface area (TPSA) is 81.5 Å². The minimum absolute atomic E-state index is 0.216. The molecule has 0 aliphatic carbocycles. The van der Waals surface area contributed by atoms with Gasteiger partial charge < -0.3 is 11.5 Å². The van der Waals surface area contributed by atoms with Gasteiger partial charge in [0.05, 0.1) is 0 Å². The minimum atomic E-state index is -0.413. The molecular formula is C9H11N3O. The van der Waals surface area contributed by atoms with Crippen LogP contribution >= 0.6 is 0 Å². The molecule has 4 N–H and O–H groups in total. The Morgan fingerprint density at radius 2 is 2.08 bits per heavy atom. The van der Waals surface area contributed by atoms with Gasteiger partial charge in [0.2, 0.25) is 0 Å². The Kier molecular flexibility index (Phi) is 2.64. The molecule has 0 radical (unpaired) electrons. The van der Waals surface area contributed by atoms with Crippen molar-refractivity contribution in [2.75, 3.05) is 0 Å². The van der Waals surface area contributed by atoms with Crippen molar-refractivity contribution >= 4 is 11.9 Å². The number of hydrogen-bond donors (Lipinski definition) is 2. The Morgan fingerprint density at radius 3 is 2.62 bits per heavy atom. The van der Waals surface area contributed by atoms with E-state index >= 15 is 0 Å². The van der Waals surface area contributed by atoms with Crippen molar-refractivity contribution < 1.29 is 4.79 Å². The lowest BCUT2D eigenvalue weighted by atomic mass is 10.1. The summed E-state index contributed by atoms with van der Waals surface area (Å²) in [6, 6.07) is 7.08. The molecule has 0 unspecified atom stereocenters. The molecule has 4 heteroatoms. The maximum Gasteiger partial charge on any atom is 0.280 e. The molecule has 13 heavy (non-hydrogen) atoms. The summed E-state index contributed by atoms with van der Waals surface area (Å²) in [4.78, 5) is 14.7. The van der Waals surface area contributed by atoms with Crippen molar-refractivity contribution in [1.29, 1.82) is 0 Å². The van der Waals surface area contributed by atoms with Gasteiger partial charge in [-0.15, -0.1) is 0 Å². The second-order valence-corrected chi connectivity index (χ2v) is 2.71. The minimum Gasteiger partial charge on any atom is -0.370 e. The number of amides is 1. The lowest BCUT2D eigenvalue weighted by molar-refractivity contribution is 0.100. The van der Waals surface area contributed by atoms with E-state index in [1.807, 2.05) is 13.0 Å². The predicted molar refractivity (Wildman–Crippen MR) is 51.3 cm³/mol. The van der Waals surface area contributed by atoms with Gasteiger partial charge in [-0.25, -0.2) is 0 Å². The van der Waals surface area contributed by atoms with Gasteiger partial charge >= 0.3 is 0 Å². The third kappa shape index (κ3) is 2.59. The van der Waals surface area contributed by atoms with Crippen molar-refractivity contribution in [2.45, 2.75) is 6.92 Å². The van der Waals surface area contributed by atoms with Gasteiger partial charge in [-0.1, -0.05) is 17.7 Å². The molecule has 1 aromatic carbocycles. The molecule has 4 nitrogen and oxygen atoms in total. The monoisotopic (exact) mass is 177 g/mol. The zero-order valence-corrected chi connectivity index (χ0v) is 7.32. The molecule has 0 saturated heterocycles. The smallest absolute Gasteiger partial charge is 0.280 e. The first-order valence-corrected chi connectivity index (χ1v) is 3.80. The first-order valence-electron chi connectivity index (χ1n) is 3.80. The van der Waals surface area contributed by atoms with Gasteiger partial charge in [0.15, 0.2) is 5.96 Å². The van der Waals surface area contributed by atoms with Gasteiger partial charge in [0.25, 0.3) is 5.91 Å². The third-order valence-corrected chi connectivity index (χ3v) is 1.50. The van der Waals surface area contributed by atoms with Crippen LogP contribution in [0.15, 0.2) is 29.3 Å². The lowest BCUT2D eigenvalue weighted by Crippen LogP contribution is -2.24. The highest BCUT2D eigenvalue weighted by molar-refractivity contribution is 6.01. The Labute approximate surface area is 76.3 Å². The molecule has 0 fully saturated rings. The molecule has 0 spiro atoms. The van der Waals surface area contributed by atoms with E-state index in [4.69, 9.17) is 11.5 Å². The number of guanidine groups is 1. The fraction of sp³-hybridized carbons (Fsp3) is 0.111. The second-order valence-electron chi connectivity index (χ2n) is 2.71. The van der Waals surface area contributed by atoms with E-state index in [-0.39, 0.29) is 5.96 Å². The van der Waals surface area contributed by atoms with Crippen LogP contribution in [0, 0.1) is 6.92 Å². The van der Waals surface area contributed by atoms with Crippen molar-refractivity contribution in [3.8, 4) is 0 Å². The average molecular weight is 177 g/mol. The van der Waals surface area contributed by atoms with Gasteiger partial charge in [0, 0.05) is 5.56 Å². The predicted octanol–water partition coefficient (Wildman–Crippen LogP) is 0.409. The van der Waals surface area contributed by atoms with E-state index in [1.165, 1.54) is 0 Å². The molecule has 1 rings (SSSR count). The molecular weight excluding hydrogens is 166 g/mol. The zero-order valence-electron chi connectivity index (χ0n) is 7.32. The summed E-state index contributed by atoms with van der Waals surface area (Å²) < 4.78 is 0. The molecule has 0 heterocycles. The van der Waals surface area contributed by atoms with Crippen molar-refractivity contribution in [3.63, 3.8) is 0 Å². The summed E-state index contributed by atoms with van der Waals surface area (Å²) in [6.07, 6.45) is 0. The number of aryl methyl sites for hydroxylation is 1. The molecule has 1 aromatic rings. The SMILES string of the molecule is Cc1cccc(C(=O)N=C(N)N)c1. The summed E-state index contributed by atoms with van der Waals surface area (Å²) in [5.74, 6) is -0.629. The molecule has 68 valence electrons. The van der Waals surface area contributed by atoms with Crippen LogP contribution in [0.3, 0.4) is 0 Å². The van der Waals surface area contributed by atoms with Crippen LogP contribution in [0.5, 0.6) is 0 Å². The van der Waals surface area contributed by atoms with E-state index < -0.39 is 5.91 Å². The second kappa shape index (κ2) is 3.71. The number of carbonyl (C=O) groups excluding carboxylic acids is 1. The highest BCUT2D eigenvalue weighted by Crippen LogP contribution is 2.04. The molecule has 0 aromatic heterocycles. The maximum atomic E-state index is 11.3. The normalized spacial score (nSPS) is 9.31. The number of carbonyl (C=O) groups is 1. The summed E-state index contributed by atoms with van der Waals surface area (Å²) in [5.41, 5.74) is 11.6. The molecule has 0 aliphatic heterocycles. The van der Waals surface area contributed by atoms with Crippen LogP contribution in [-0.2, 0) is 0 Å². The van der Waals surface area contributed by atoms with Gasteiger partial charge in [-0.2, -0.15) is 4.99 Å². The van der Waals surface area contributed by atoms with E-state index in [1.54, 1.807) is 18.2 Å². The molecule has 1 amide bonds. The number of aliphatic imine (C=N–C) groups is 1. The molecule has 0 atom stereocenters. The van der Waals surface area contributed by atoms with Gasteiger partial charge in [0.1, 0.15) is 0 Å². The van der Waals surface area contributed by atoms with Crippen molar-refractivity contribution in [1.82, 2.24) is 0 Å². The van der Waals surface area contributed by atoms with Crippen LogP contribution in [-0.4, -0.2) is 11.9 Å². The number of benzene rings is 1. The Bertz CT molecular complexity index is 354. The zero-order chi connectivity index (χ0) is 9.84. The average Bonchev–Trinajstić information content (AvgIpc) is 2.03. The van der Waals surface area contributed by atoms with Crippen LogP contribution in [0.2, 0.25) is 0 Å². The fourth-order valence-electron chi connectivity index (χ4n) is 0.960. The third-order valence-electron chi connectivity index (χ3n) is 1.50. The number of nitrogens with zero attached hydrogens (tertiary/aromatic N) is 1. The van der Waals surface area contributed by atoms with Gasteiger partial charge in [-0.05, 0) is 19.1 Å². The Morgan fingerprint density at radius 1 is 1.38 bits per heavy atom. The fourth-order valence-corrected chi connectivity index (χ4v) is 0.960. The molecule has 0 bridgehead atoms. The maximum absolute atomic E-state index is 11.3. The van der Waals surface area contributed by atoms with Crippen LogP contribution < -0.4 is 11.5 Å². The van der Waals surface area contributed by atoms with E-state index in [0.29, 0.717) is 5.56 Å². The van der Waals surface area contributed by atoms with Gasteiger partial charge in [-0.3, -0.25) is 4.79 Å². The van der Waals surface area contributed by atoms with Crippen molar-refractivity contribution in [2.24, 2.45) is 16.5 Å². The highest BCUT2D eigenvalue weighted by Gasteiger charge is 2.02. The van der Waals surface area contributed by atoms with Crippen LogP contribution in [0.25, 0.3) is 0 Å². The highest BCUT2D eigenvalue weighted by atomic mass is 16.1. The Hall–Kier alpha value is -1.84. The molecule has 0 aliphatic rings. The Balaban J connectivity index is 2.96. The number of hydrogen-bond acceptors (Lipinski definition) is 1. The number of nitrogens with two attached hydrogens (primary N) is 2. The lowest BCUT2D eigenvalue weighted by Gasteiger charge is -1.96. The van der Waals surface area contributed by atoms with E-state index in [9.17, 15) is 4.79 Å². The number of rotatable bonds is 1. The summed E-state index contributed by atoms with van der Waals surface area (Å²) in [5, 5.41) is 0.